The van der Waals surface area contributed by atoms with Crippen molar-refractivity contribution >= 4 is 28.9 Å². The molecule has 1 aliphatic carbocycles. The highest BCUT2D eigenvalue weighted by Gasteiger charge is 2.43. The second-order valence-corrected chi connectivity index (χ2v) is 4.87. The van der Waals surface area contributed by atoms with Gasteiger partial charge in [-0.1, -0.05) is 11.6 Å². The van der Waals surface area contributed by atoms with Gasteiger partial charge in [0.2, 0.25) is 0 Å². The average molecular weight is 207 g/mol. The van der Waals surface area contributed by atoms with Crippen LogP contribution in [0.25, 0.3) is 0 Å². The lowest BCUT2D eigenvalue weighted by molar-refractivity contribution is 0.425. The van der Waals surface area contributed by atoms with Gasteiger partial charge in [-0.05, 0) is 19.9 Å². The summed E-state index contributed by atoms with van der Waals surface area (Å²) in [6, 6.07) is 0. The van der Waals surface area contributed by atoms with Crippen LogP contribution in [0.3, 0.4) is 0 Å². The minimum Gasteiger partial charge on any atom is -0.321 e. The predicted molar refractivity (Wildman–Crippen MR) is 53.1 cm³/mol. The highest BCUT2D eigenvalue weighted by atomic mass is 35.5. The van der Waals surface area contributed by atoms with E-state index >= 15 is 0 Å². The van der Waals surface area contributed by atoms with Crippen molar-refractivity contribution in [3.8, 4) is 0 Å². The molecule has 68 valence electrons. The molecule has 2 unspecified atom stereocenters. The summed E-state index contributed by atoms with van der Waals surface area (Å²) >= 11 is 11.9. The average Bonchev–Trinajstić information content (AvgIpc) is 1.82. The van der Waals surface area contributed by atoms with Crippen molar-refractivity contribution in [2.45, 2.75) is 30.7 Å². The Hall–Kier alpha value is -0.0500. The van der Waals surface area contributed by atoms with E-state index in [-0.39, 0.29) is 0 Å². The standard InChI is InChI=1S/C8H12Cl2N2/c1-7(10)4-6(11)5(9)3-8(7,2)12/h3,11H,4,12H2,1-2H3. The molecule has 0 saturated carbocycles. The van der Waals surface area contributed by atoms with Gasteiger partial charge in [0.05, 0.1) is 21.2 Å². The lowest BCUT2D eigenvalue weighted by atomic mass is 9.79. The first-order valence-electron chi connectivity index (χ1n) is 3.70. The maximum Gasteiger partial charge on any atom is 0.0686 e. The molecule has 0 heterocycles. The summed E-state index contributed by atoms with van der Waals surface area (Å²) in [6.45, 7) is 3.64. The van der Waals surface area contributed by atoms with E-state index < -0.39 is 10.4 Å². The van der Waals surface area contributed by atoms with E-state index in [1.54, 1.807) is 6.08 Å². The van der Waals surface area contributed by atoms with E-state index in [0.29, 0.717) is 17.2 Å². The van der Waals surface area contributed by atoms with Crippen molar-refractivity contribution in [3.05, 3.63) is 11.1 Å². The first-order chi connectivity index (χ1) is 5.26. The van der Waals surface area contributed by atoms with Gasteiger partial charge in [0, 0.05) is 6.42 Å². The fraction of sp³-hybridized carbons (Fsp3) is 0.625. The molecule has 3 N–H and O–H groups in total. The molecule has 1 aliphatic rings. The van der Waals surface area contributed by atoms with Gasteiger partial charge >= 0.3 is 0 Å². The molecular weight excluding hydrogens is 195 g/mol. The normalized spacial score (nSPS) is 42.8. The molecule has 0 aliphatic heterocycles. The number of halogens is 2. The summed E-state index contributed by atoms with van der Waals surface area (Å²) in [7, 11) is 0. The van der Waals surface area contributed by atoms with Crippen LogP contribution in [-0.4, -0.2) is 16.1 Å². The Balaban J connectivity index is 3.11. The fourth-order valence-corrected chi connectivity index (χ4v) is 1.59. The van der Waals surface area contributed by atoms with Gasteiger partial charge in [-0.3, -0.25) is 0 Å². The largest absolute Gasteiger partial charge is 0.321 e. The number of nitrogens with two attached hydrogens (primary N) is 1. The van der Waals surface area contributed by atoms with E-state index in [1.165, 1.54) is 0 Å². The summed E-state index contributed by atoms with van der Waals surface area (Å²) in [4.78, 5) is -0.609. The van der Waals surface area contributed by atoms with E-state index in [0.717, 1.165) is 0 Å². The van der Waals surface area contributed by atoms with E-state index in [2.05, 4.69) is 0 Å². The fourth-order valence-electron chi connectivity index (χ4n) is 1.11. The summed E-state index contributed by atoms with van der Waals surface area (Å²) < 4.78 is 0. The van der Waals surface area contributed by atoms with Crippen LogP contribution in [0, 0.1) is 5.41 Å². The topological polar surface area (TPSA) is 49.9 Å². The van der Waals surface area contributed by atoms with Crippen LogP contribution in [0.15, 0.2) is 11.1 Å². The van der Waals surface area contributed by atoms with E-state index in [4.69, 9.17) is 34.3 Å². The number of nitrogens with one attached hydrogen (secondary N) is 1. The summed E-state index contributed by atoms with van der Waals surface area (Å²) in [5.41, 5.74) is 5.63. The molecule has 2 atom stereocenters. The van der Waals surface area contributed by atoms with Crippen LogP contribution in [0.2, 0.25) is 0 Å². The van der Waals surface area contributed by atoms with Crippen molar-refractivity contribution in [1.29, 1.82) is 5.41 Å². The maximum absolute atomic E-state index is 7.49. The lowest BCUT2D eigenvalue weighted by Gasteiger charge is -2.40. The minimum atomic E-state index is -0.643. The van der Waals surface area contributed by atoms with Crippen molar-refractivity contribution in [3.63, 3.8) is 0 Å². The third-order valence-electron chi connectivity index (χ3n) is 2.35. The van der Waals surface area contributed by atoms with Gasteiger partial charge in [0.15, 0.2) is 0 Å². The number of rotatable bonds is 0. The van der Waals surface area contributed by atoms with Gasteiger partial charge in [0.25, 0.3) is 0 Å². The Labute approximate surface area is 82.2 Å². The molecule has 2 nitrogen and oxygen atoms in total. The third kappa shape index (κ3) is 1.51. The Kier molecular flexibility index (Phi) is 2.28. The molecule has 0 radical (unpaired) electrons. The zero-order valence-corrected chi connectivity index (χ0v) is 8.63. The zero-order valence-electron chi connectivity index (χ0n) is 7.12. The van der Waals surface area contributed by atoms with Gasteiger partial charge in [-0.2, -0.15) is 0 Å². The SMILES string of the molecule is CC1(N)C=C(Cl)C(=N)CC1(C)Cl. The van der Waals surface area contributed by atoms with Crippen molar-refractivity contribution in [2.75, 3.05) is 0 Å². The summed E-state index contributed by atoms with van der Waals surface area (Å²) in [5.74, 6) is 0. The van der Waals surface area contributed by atoms with Crippen LogP contribution < -0.4 is 5.73 Å². The van der Waals surface area contributed by atoms with Crippen LogP contribution in [0.5, 0.6) is 0 Å². The lowest BCUT2D eigenvalue weighted by Crippen LogP contribution is -2.55. The first-order valence-corrected chi connectivity index (χ1v) is 4.46. The molecule has 0 aromatic carbocycles. The van der Waals surface area contributed by atoms with E-state index in [9.17, 15) is 0 Å². The molecule has 0 saturated heterocycles. The van der Waals surface area contributed by atoms with Crippen LogP contribution >= 0.6 is 23.2 Å². The molecule has 12 heavy (non-hydrogen) atoms. The second-order valence-electron chi connectivity index (χ2n) is 3.63. The smallest absolute Gasteiger partial charge is 0.0686 e. The highest BCUT2D eigenvalue weighted by Crippen LogP contribution is 2.38. The predicted octanol–water partition coefficient (Wildman–Crippen LogP) is 2.25. The molecule has 0 amide bonds. The number of hydrogen-bond donors (Lipinski definition) is 2. The first kappa shape index (κ1) is 10.0. The zero-order chi connectivity index (χ0) is 9.57. The van der Waals surface area contributed by atoms with Gasteiger partial charge < -0.3 is 11.1 Å². The van der Waals surface area contributed by atoms with Gasteiger partial charge in [-0.15, -0.1) is 11.6 Å². The van der Waals surface area contributed by atoms with Crippen molar-refractivity contribution in [2.24, 2.45) is 5.73 Å². The Bertz CT molecular complexity index is 254. The van der Waals surface area contributed by atoms with Crippen molar-refractivity contribution in [1.82, 2.24) is 0 Å². The van der Waals surface area contributed by atoms with E-state index in [1.807, 2.05) is 13.8 Å². The molecule has 4 heteroatoms. The Morgan fingerprint density at radius 2 is 2.08 bits per heavy atom. The maximum atomic E-state index is 7.49. The van der Waals surface area contributed by atoms with Crippen LogP contribution in [-0.2, 0) is 0 Å². The van der Waals surface area contributed by atoms with Gasteiger partial charge in [0.1, 0.15) is 0 Å². The molecule has 0 fully saturated rings. The monoisotopic (exact) mass is 206 g/mol. The molecule has 1 rings (SSSR count). The molecule has 0 aromatic heterocycles. The molecule has 0 aromatic rings. The molecular formula is C8H12Cl2N2. The molecule has 0 spiro atoms. The Morgan fingerprint density at radius 1 is 1.58 bits per heavy atom. The number of alkyl halides is 1. The summed E-state index contributed by atoms with van der Waals surface area (Å²) in [5, 5.41) is 7.90. The van der Waals surface area contributed by atoms with Crippen LogP contribution in [0.4, 0.5) is 0 Å². The second kappa shape index (κ2) is 2.72. The number of allylic oxidation sites excluding steroid dienone is 1. The third-order valence-corrected chi connectivity index (χ3v) is 3.22. The highest BCUT2D eigenvalue weighted by molar-refractivity contribution is 6.44. The quantitative estimate of drug-likeness (QED) is 0.588. The number of hydrogen-bond acceptors (Lipinski definition) is 2. The Morgan fingerprint density at radius 3 is 2.50 bits per heavy atom. The minimum absolute atomic E-state index is 0.358. The van der Waals surface area contributed by atoms with Crippen LogP contribution in [0.1, 0.15) is 20.3 Å². The van der Waals surface area contributed by atoms with Crippen molar-refractivity contribution < 1.29 is 0 Å². The van der Waals surface area contributed by atoms with Gasteiger partial charge in [-0.25, -0.2) is 0 Å². The summed E-state index contributed by atoms with van der Waals surface area (Å²) in [6.07, 6.45) is 2.06. The molecule has 0 bridgehead atoms.